The van der Waals surface area contributed by atoms with Crippen LogP contribution >= 0.6 is 11.6 Å². The maximum absolute atomic E-state index is 14.4. The van der Waals surface area contributed by atoms with Gasteiger partial charge in [0.05, 0.1) is 0 Å². The molecular weight excluding hydrogens is 352 g/mol. The number of rotatable bonds is 5. The van der Waals surface area contributed by atoms with Crippen molar-refractivity contribution in [3.63, 3.8) is 0 Å². The Morgan fingerprint density at radius 3 is 2.20 bits per heavy atom. The standard InChI is InChI=1S/C17H16ClF2N3O2/c1-9-8-11(4-7-13(9)18)10-2-5-12(6-3-10)17(19,20)15(21)14(23-22)16(24)25/h2-8,23H,21-22H2,1H3,(H,24,25)/b15-14-. The van der Waals surface area contributed by atoms with E-state index in [0.717, 1.165) is 11.1 Å². The lowest BCUT2D eigenvalue weighted by molar-refractivity contribution is -0.133. The van der Waals surface area contributed by atoms with Gasteiger partial charge in [-0.2, -0.15) is 8.78 Å². The van der Waals surface area contributed by atoms with Crippen LogP contribution in [0.5, 0.6) is 0 Å². The van der Waals surface area contributed by atoms with Crippen molar-refractivity contribution in [2.45, 2.75) is 12.8 Å². The zero-order valence-electron chi connectivity index (χ0n) is 13.2. The molecule has 0 saturated heterocycles. The monoisotopic (exact) mass is 367 g/mol. The number of aliphatic carboxylic acids is 1. The second-order valence-electron chi connectivity index (χ2n) is 5.35. The molecule has 0 bridgehead atoms. The third kappa shape index (κ3) is 3.72. The van der Waals surface area contributed by atoms with Crippen molar-refractivity contribution < 1.29 is 18.7 Å². The Morgan fingerprint density at radius 1 is 1.16 bits per heavy atom. The molecule has 132 valence electrons. The van der Waals surface area contributed by atoms with Crippen LogP contribution in [0.3, 0.4) is 0 Å². The van der Waals surface area contributed by atoms with Crippen LogP contribution in [0.1, 0.15) is 11.1 Å². The van der Waals surface area contributed by atoms with Crippen LogP contribution in [0.25, 0.3) is 11.1 Å². The molecule has 8 heteroatoms. The van der Waals surface area contributed by atoms with E-state index < -0.39 is 28.8 Å². The zero-order valence-corrected chi connectivity index (χ0v) is 13.9. The molecule has 0 aromatic heterocycles. The molecule has 0 heterocycles. The lowest BCUT2D eigenvalue weighted by atomic mass is 9.98. The molecule has 6 N–H and O–H groups in total. The van der Waals surface area contributed by atoms with Crippen LogP contribution in [0.15, 0.2) is 53.9 Å². The number of hydrazine groups is 1. The Bertz CT molecular complexity index is 836. The first-order valence-electron chi connectivity index (χ1n) is 7.13. The first-order valence-corrected chi connectivity index (χ1v) is 7.51. The Hall–Kier alpha value is -2.64. The quantitative estimate of drug-likeness (QED) is 0.369. The minimum absolute atomic E-state index is 0.451. The second-order valence-corrected chi connectivity index (χ2v) is 5.76. The van der Waals surface area contributed by atoms with Gasteiger partial charge in [0.25, 0.3) is 0 Å². The van der Waals surface area contributed by atoms with E-state index in [2.05, 4.69) is 0 Å². The molecule has 0 unspecified atom stereocenters. The van der Waals surface area contributed by atoms with E-state index in [0.29, 0.717) is 10.6 Å². The van der Waals surface area contributed by atoms with Crippen LogP contribution in [-0.2, 0) is 10.7 Å². The maximum atomic E-state index is 14.4. The van der Waals surface area contributed by atoms with E-state index in [-0.39, 0.29) is 0 Å². The van der Waals surface area contributed by atoms with Crippen molar-refractivity contribution in [1.29, 1.82) is 0 Å². The van der Waals surface area contributed by atoms with Gasteiger partial charge in [0.2, 0.25) is 0 Å². The summed E-state index contributed by atoms with van der Waals surface area (Å²) in [7, 11) is 0. The SMILES string of the molecule is Cc1cc(-c2ccc(C(F)(F)/C(N)=C(/NN)C(=O)O)cc2)ccc1Cl. The number of nitrogens with two attached hydrogens (primary N) is 2. The fourth-order valence-electron chi connectivity index (χ4n) is 2.26. The fraction of sp³-hybridized carbons (Fsp3) is 0.118. The molecule has 0 aliphatic rings. The number of halogens is 3. The van der Waals surface area contributed by atoms with Gasteiger partial charge in [-0.1, -0.05) is 41.9 Å². The van der Waals surface area contributed by atoms with Crippen LogP contribution in [-0.4, -0.2) is 11.1 Å². The number of hydrogen-bond donors (Lipinski definition) is 4. The number of aryl methyl sites for hydroxylation is 1. The minimum atomic E-state index is -3.70. The number of carboxylic acid groups (broad SMARTS) is 1. The number of alkyl halides is 2. The summed E-state index contributed by atoms with van der Waals surface area (Å²) in [6, 6.07) is 10.7. The van der Waals surface area contributed by atoms with Crippen molar-refractivity contribution in [3.8, 4) is 11.1 Å². The van der Waals surface area contributed by atoms with Crippen LogP contribution < -0.4 is 17.0 Å². The van der Waals surface area contributed by atoms with Crippen molar-refractivity contribution in [2.24, 2.45) is 11.6 Å². The molecule has 2 aromatic rings. The number of carboxylic acids is 1. The largest absolute Gasteiger partial charge is 0.476 e. The molecule has 0 spiro atoms. The normalized spacial score (nSPS) is 12.5. The van der Waals surface area contributed by atoms with Crippen molar-refractivity contribution in [3.05, 3.63) is 70.0 Å². The van der Waals surface area contributed by atoms with Gasteiger partial charge in [-0.3, -0.25) is 5.84 Å². The third-order valence-electron chi connectivity index (χ3n) is 3.70. The van der Waals surface area contributed by atoms with Crippen LogP contribution in [0, 0.1) is 6.92 Å². The average Bonchev–Trinajstić information content (AvgIpc) is 2.57. The predicted molar refractivity (Wildman–Crippen MR) is 91.7 cm³/mol. The molecule has 2 aromatic carbocycles. The van der Waals surface area contributed by atoms with Gasteiger partial charge in [-0.05, 0) is 35.7 Å². The number of carbonyl (C=O) groups is 1. The summed E-state index contributed by atoms with van der Waals surface area (Å²) in [6.45, 7) is 1.84. The van der Waals surface area contributed by atoms with E-state index in [9.17, 15) is 13.6 Å². The first-order chi connectivity index (χ1) is 11.7. The second kappa shape index (κ2) is 7.08. The molecule has 25 heavy (non-hydrogen) atoms. The third-order valence-corrected chi connectivity index (χ3v) is 4.13. The fourth-order valence-corrected chi connectivity index (χ4v) is 2.38. The van der Waals surface area contributed by atoms with Gasteiger partial charge in [0, 0.05) is 10.6 Å². The highest BCUT2D eigenvalue weighted by atomic mass is 35.5. The molecule has 0 aliphatic heterocycles. The summed E-state index contributed by atoms with van der Waals surface area (Å²) in [5, 5.41) is 9.48. The van der Waals surface area contributed by atoms with Crippen molar-refractivity contribution in [2.75, 3.05) is 0 Å². The van der Waals surface area contributed by atoms with Gasteiger partial charge in [0.15, 0.2) is 5.70 Å². The van der Waals surface area contributed by atoms with E-state index in [1.807, 2.05) is 13.0 Å². The predicted octanol–water partition coefficient (Wildman–Crippen LogP) is 3.13. The Kier molecular flexibility index (Phi) is 5.30. The summed E-state index contributed by atoms with van der Waals surface area (Å²) >= 11 is 5.97. The average molecular weight is 368 g/mol. The molecule has 0 aliphatic carbocycles. The molecule has 0 amide bonds. The molecule has 0 fully saturated rings. The van der Waals surface area contributed by atoms with Gasteiger partial charge in [-0.25, -0.2) is 4.79 Å². The van der Waals surface area contributed by atoms with Crippen LogP contribution in [0.4, 0.5) is 8.78 Å². The van der Waals surface area contributed by atoms with Gasteiger partial charge >= 0.3 is 11.9 Å². The topological polar surface area (TPSA) is 101 Å². The Labute approximate surface area is 147 Å². The number of benzene rings is 2. The maximum Gasteiger partial charge on any atom is 0.355 e. The number of allylic oxidation sites excluding steroid dienone is 1. The lowest BCUT2D eigenvalue weighted by Gasteiger charge is -2.19. The highest BCUT2D eigenvalue weighted by Crippen LogP contribution is 2.35. The summed E-state index contributed by atoms with van der Waals surface area (Å²) in [4.78, 5) is 10.9. The zero-order chi connectivity index (χ0) is 18.8. The highest BCUT2D eigenvalue weighted by molar-refractivity contribution is 6.31. The summed E-state index contributed by atoms with van der Waals surface area (Å²) < 4.78 is 28.9. The van der Waals surface area contributed by atoms with E-state index in [4.69, 9.17) is 28.3 Å². The van der Waals surface area contributed by atoms with E-state index >= 15 is 0 Å². The van der Waals surface area contributed by atoms with Gasteiger partial charge in [0.1, 0.15) is 5.70 Å². The van der Waals surface area contributed by atoms with Crippen molar-refractivity contribution in [1.82, 2.24) is 5.43 Å². The minimum Gasteiger partial charge on any atom is -0.476 e. The van der Waals surface area contributed by atoms with Crippen LogP contribution in [0.2, 0.25) is 5.02 Å². The molecular formula is C17H16ClF2N3O2. The van der Waals surface area contributed by atoms with Gasteiger partial charge in [-0.15, -0.1) is 0 Å². The molecule has 5 nitrogen and oxygen atoms in total. The van der Waals surface area contributed by atoms with E-state index in [1.54, 1.807) is 17.6 Å². The number of nitrogens with one attached hydrogen (secondary N) is 1. The number of hydrogen-bond acceptors (Lipinski definition) is 4. The van der Waals surface area contributed by atoms with Gasteiger partial charge < -0.3 is 16.3 Å². The smallest absolute Gasteiger partial charge is 0.355 e. The Balaban J connectivity index is 2.41. The summed E-state index contributed by atoms with van der Waals surface area (Å²) in [5.74, 6) is -0.410. The van der Waals surface area contributed by atoms with Crippen molar-refractivity contribution >= 4 is 17.6 Å². The lowest BCUT2D eigenvalue weighted by Crippen LogP contribution is -2.35. The highest BCUT2D eigenvalue weighted by Gasteiger charge is 2.38. The first kappa shape index (κ1) is 18.7. The molecule has 2 rings (SSSR count). The Morgan fingerprint density at radius 2 is 1.72 bits per heavy atom. The summed E-state index contributed by atoms with van der Waals surface area (Å²) in [6.07, 6.45) is 0. The summed E-state index contributed by atoms with van der Waals surface area (Å²) in [5.41, 5.74) is 6.81. The molecule has 0 atom stereocenters. The molecule has 0 saturated carbocycles. The van der Waals surface area contributed by atoms with E-state index in [1.165, 1.54) is 24.3 Å². The molecule has 0 radical (unpaired) electrons.